The molecule has 1 heterocycles. The number of amides is 1. The minimum Gasteiger partial charge on any atom is -0.426 e. The van der Waals surface area contributed by atoms with Gasteiger partial charge in [-0.05, 0) is 36.2 Å². The van der Waals surface area contributed by atoms with Gasteiger partial charge in [0, 0.05) is 16.1 Å². The number of phosphoric ester groups is 1. The molecule has 0 bridgehead atoms. The van der Waals surface area contributed by atoms with Crippen LogP contribution >= 0.6 is 31.0 Å². The van der Waals surface area contributed by atoms with Gasteiger partial charge < -0.3 is 24.3 Å². The van der Waals surface area contributed by atoms with Crippen molar-refractivity contribution in [3.8, 4) is 11.7 Å². The maximum atomic E-state index is 12.6. The Labute approximate surface area is 187 Å². The molecule has 0 aliphatic heterocycles. The largest absolute Gasteiger partial charge is 0.469 e. The average Bonchev–Trinajstić information content (AvgIpc) is 3.14. The molecule has 0 saturated carbocycles. The van der Waals surface area contributed by atoms with Gasteiger partial charge in [-0.15, -0.1) is 0 Å². The summed E-state index contributed by atoms with van der Waals surface area (Å²) in [5.74, 6) is -0.294. The van der Waals surface area contributed by atoms with E-state index in [0.717, 1.165) is 5.56 Å². The number of nitrogens with one attached hydrogen (secondary N) is 1. The summed E-state index contributed by atoms with van der Waals surface area (Å²) in [7, 11) is -4.70. The van der Waals surface area contributed by atoms with Crippen LogP contribution in [0.5, 0.6) is 11.7 Å². The lowest BCUT2D eigenvalue weighted by atomic mass is 10.1. The molecule has 0 spiro atoms. The minimum absolute atomic E-state index is 0.0366. The molecule has 3 N–H and O–H groups in total. The molecule has 0 radical (unpaired) electrons. The molecule has 11 heteroatoms. The molecule has 0 aliphatic carbocycles. The van der Waals surface area contributed by atoms with Crippen LogP contribution in [0.4, 0.5) is 0 Å². The third kappa shape index (κ3) is 7.70. The monoisotopic (exact) mass is 485 g/mol. The summed E-state index contributed by atoms with van der Waals surface area (Å²) >= 11 is 11.9. The lowest BCUT2D eigenvalue weighted by Crippen LogP contribution is -2.39. The van der Waals surface area contributed by atoms with Crippen molar-refractivity contribution < 1.29 is 32.8 Å². The van der Waals surface area contributed by atoms with Gasteiger partial charge >= 0.3 is 7.82 Å². The lowest BCUT2D eigenvalue weighted by molar-refractivity contribution is 0.0877. The highest BCUT2D eigenvalue weighted by atomic mass is 35.5. The highest BCUT2D eigenvalue weighted by Gasteiger charge is 2.22. The van der Waals surface area contributed by atoms with Crippen molar-refractivity contribution in [3.05, 3.63) is 82.0 Å². The van der Waals surface area contributed by atoms with Crippen molar-refractivity contribution in [1.82, 2.24) is 5.32 Å². The number of hydrogen-bond acceptors (Lipinski definition) is 5. The number of ether oxygens (including phenoxy) is 1. The van der Waals surface area contributed by atoms with E-state index in [0.29, 0.717) is 15.8 Å². The number of halogens is 2. The fourth-order valence-corrected chi connectivity index (χ4v) is 3.57. The summed E-state index contributed by atoms with van der Waals surface area (Å²) < 4.78 is 26.6. The molecule has 1 aromatic heterocycles. The summed E-state index contributed by atoms with van der Waals surface area (Å²) in [6.07, 6.45) is 0.289. The number of rotatable bonds is 9. The summed E-state index contributed by atoms with van der Waals surface area (Å²) in [5.41, 5.74) is 0.850. The van der Waals surface area contributed by atoms with Gasteiger partial charge in [0.2, 0.25) is 0 Å². The van der Waals surface area contributed by atoms with Crippen LogP contribution in [-0.2, 0) is 15.5 Å². The molecular weight excluding hydrogens is 468 g/mol. The van der Waals surface area contributed by atoms with E-state index in [1.165, 1.54) is 24.3 Å². The second-order valence-corrected chi connectivity index (χ2v) is 8.58. The van der Waals surface area contributed by atoms with E-state index in [1.807, 2.05) is 30.3 Å². The van der Waals surface area contributed by atoms with Crippen molar-refractivity contribution in [2.75, 3.05) is 6.61 Å². The zero-order valence-corrected chi connectivity index (χ0v) is 18.3. The molecule has 1 atom stereocenters. The van der Waals surface area contributed by atoms with Crippen molar-refractivity contribution >= 4 is 36.9 Å². The van der Waals surface area contributed by atoms with Crippen molar-refractivity contribution in [3.63, 3.8) is 0 Å². The van der Waals surface area contributed by atoms with Gasteiger partial charge in [-0.25, -0.2) is 4.57 Å². The van der Waals surface area contributed by atoms with Crippen LogP contribution in [0.15, 0.2) is 65.1 Å². The highest BCUT2D eigenvalue weighted by Crippen LogP contribution is 2.36. The van der Waals surface area contributed by atoms with Crippen LogP contribution in [0.2, 0.25) is 10.0 Å². The number of phosphoric acid groups is 1. The zero-order chi connectivity index (χ0) is 22.4. The average molecular weight is 486 g/mol. The summed E-state index contributed by atoms with van der Waals surface area (Å²) in [4.78, 5) is 30.6. The van der Waals surface area contributed by atoms with Gasteiger partial charge in [0.25, 0.3) is 11.9 Å². The van der Waals surface area contributed by atoms with Gasteiger partial charge in [-0.1, -0.05) is 53.5 Å². The molecule has 0 saturated heterocycles. The Morgan fingerprint density at radius 1 is 1.06 bits per heavy atom. The van der Waals surface area contributed by atoms with Gasteiger partial charge in [0.15, 0.2) is 5.76 Å². The Bertz CT molecular complexity index is 1060. The van der Waals surface area contributed by atoms with Crippen LogP contribution in [0.3, 0.4) is 0 Å². The van der Waals surface area contributed by atoms with E-state index in [1.54, 1.807) is 6.07 Å². The summed E-state index contributed by atoms with van der Waals surface area (Å²) in [6.45, 7) is -0.393. The SMILES string of the molecule is O=C(NC(COP(=O)(O)O)Cc1ccccc1)c1ccc(Oc2cc(Cl)cc(Cl)c2)o1. The number of carbonyl (C=O) groups excluding carboxylic acids is 1. The summed E-state index contributed by atoms with van der Waals surface area (Å²) in [6, 6.07) is 15.9. The molecule has 1 amide bonds. The molecule has 1 unspecified atom stereocenters. The molecular formula is C20H18Cl2NO7P. The number of carbonyl (C=O) groups is 1. The fourth-order valence-electron chi connectivity index (χ4n) is 2.69. The predicted octanol–water partition coefficient (Wildman–Crippen LogP) is 4.83. The van der Waals surface area contributed by atoms with Crippen molar-refractivity contribution in [2.24, 2.45) is 0 Å². The topological polar surface area (TPSA) is 118 Å². The Morgan fingerprint density at radius 3 is 2.39 bits per heavy atom. The Morgan fingerprint density at radius 2 is 1.74 bits per heavy atom. The molecule has 3 aromatic rings. The standard InChI is InChI=1S/C20H18Cl2NO7P/c21-14-9-15(22)11-17(10-14)29-19-7-6-18(30-19)20(24)23-16(12-28-31(25,26)27)8-13-4-2-1-3-5-13/h1-7,9-11,16H,8,12H2,(H,23,24)(H2,25,26,27). The Hall–Kier alpha value is -2.32. The van der Waals surface area contributed by atoms with Crippen LogP contribution < -0.4 is 10.1 Å². The summed E-state index contributed by atoms with van der Waals surface area (Å²) in [5, 5.41) is 3.40. The smallest absolute Gasteiger partial charge is 0.426 e. The lowest BCUT2D eigenvalue weighted by Gasteiger charge is -2.18. The van der Waals surface area contributed by atoms with E-state index >= 15 is 0 Å². The van der Waals surface area contributed by atoms with Gasteiger partial charge in [0.05, 0.1) is 12.6 Å². The quantitative estimate of drug-likeness (QED) is 0.371. The molecule has 8 nitrogen and oxygen atoms in total. The van der Waals surface area contributed by atoms with E-state index in [4.69, 9.17) is 42.1 Å². The van der Waals surface area contributed by atoms with E-state index < -0.39 is 26.4 Å². The van der Waals surface area contributed by atoms with Gasteiger partial charge in [0.1, 0.15) is 5.75 Å². The second kappa shape index (κ2) is 10.3. The van der Waals surface area contributed by atoms with E-state index in [9.17, 15) is 9.36 Å². The molecule has 164 valence electrons. The van der Waals surface area contributed by atoms with Crippen LogP contribution in [0.1, 0.15) is 16.1 Å². The van der Waals surface area contributed by atoms with Gasteiger partial charge in [-0.3, -0.25) is 9.32 Å². The second-order valence-electron chi connectivity index (χ2n) is 6.47. The third-order valence-corrected chi connectivity index (χ3v) is 4.89. The minimum atomic E-state index is -4.70. The third-order valence-electron chi connectivity index (χ3n) is 3.96. The van der Waals surface area contributed by atoms with Crippen LogP contribution in [-0.4, -0.2) is 28.3 Å². The fraction of sp³-hybridized carbons (Fsp3) is 0.150. The molecule has 3 rings (SSSR count). The molecule has 0 fully saturated rings. The van der Waals surface area contributed by atoms with Crippen LogP contribution in [0, 0.1) is 0 Å². The maximum Gasteiger partial charge on any atom is 0.469 e. The molecule has 2 aromatic carbocycles. The van der Waals surface area contributed by atoms with Gasteiger partial charge in [-0.2, -0.15) is 0 Å². The van der Waals surface area contributed by atoms with E-state index in [2.05, 4.69) is 9.84 Å². The predicted molar refractivity (Wildman–Crippen MR) is 115 cm³/mol. The highest BCUT2D eigenvalue weighted by molar-refractivity contribution is 7.46. The first-order chi connectivity index (χ1) is 14.7. The first-order valence-electron chi connectivity index (χ1n) is 8.96. The van der Waals surface area contributed by atoms with Crippen molar-refractivity contribution in [2.45, 2.75) is 12.5 Å². The number of benzene rings is 2. The van der Waals surface area contributed by atoms with Crippen molar-refractivity contribution in [1.29, 1.82) is 0 Å². The number of furan rings is 1. The number of hydrogen-bond donors (Lipinski definition) is 3. The van der Waals surface area contributed by atoms with Crippen LogP contribution in [0.25, 0.3) is 0 Å². The molecule has 31 heavy (non-hydrogen) atoms. The Balaban J connectivity index is 1.68. The first kappa shape index (κ1) is 23.3. The van der Waals surface area contributed by atoms with E-state index in [-0.39, 0.29) is 18.1 Å². The first-order valence-corrected chi connectivity index (χ1v) is 11.3. The zero-order valence-electron chi connectivity index (χ0n) is 15.9. The maximum absolute atomic E-state index is 12.6. The molecule has 0 aliphatic rings. The Kier molecular flexibility index (Phi) is 7.78. The normalized spacial score (nSPS) is 12.4.